The van der Waals surface area contributed by atoms with Gasteiger partial charge >= 0.3 is 17.9 Å². The quantitative estimate of drug-likeness (QED) is 0.0266. The van der Waals surface area contributed by atoms with Crippen molar-refractivity contribution in [3.8, 4) is 0 Å². The molecule has 6 nitrogen and oxygen atoms in total. The summed E-state index contributed by atoms with van der Waals surface area (Å²) in [6, 6.07) is 0. The van der Waals surface area contributed by atoms with Crippen LogP contribution in [-0.2, 0) is 28.6 Å². The molecule has 0 radical (unpaired) electrons. The van der Waals surface area contributed by atoms with Gasteiger partial charge in [-0.25, -0.2) is 0 Å². The summed E-state index contributed by atoms with van der Waals surface area (Å²) in [7, 11) is 0. The monoisotopic (exact) mass is 815 g/mol. The van der Waals surface area contributed by atoms with Crippen LogP contribution in [0.3, 0.4) is 0 Å². The van der Waals surface area contributed by atoms with Crippen molar-refractivity contribution in [2.24, 2.45) is 0 Å². The second kappa shape index (κ2) is 46.5. The molecule has 1 unspecified atom stereocenters. The summed E-state index contributed by atoms with van der Waals surface area (Å²) in [4.78, 5) is 37.7. The lowest BCUT2D eigenvalue weighted by Crippen LogP contribution is -2.30. The van der Waals surface area contributed by atoms with E-state index < -0.39 is 12.1 Å². The van der Waals surface area contributed by atoms with Crippen LogP contribution in [0.4, 0.5) is 0 Å². The number of esters is 3. The maximum Gasteiger partial charge on any atom is 0.306 e. The lowest BCUT2D eigenvalue weighted by molar-refractivity contribution is -0.166. The van der Waals surface area contributed by atoms with Gasteiger partial charge in [0, 0.05) is 19.3 Å². The SMILES string of the molecule is CC/C=C\C/C=C\C/C=C\C/C=C\C/C=C\CCCC(=O)OCC(COC(=O)CCCCCCC/C=C\CCCC)OC(=O)CC/C=C\C/C=C\C/C=C\C/C=C\CC. The standard InChI is InChI=1S/C53H82O6/c1-4-7-10-13-16-19-22-24-25-26-27-29-31-34-37-40-43-46-52(55)58-49-50(48-57-51(54)45-42-39-36-33-30-21-18-15-12-9-6-3)59-53(56)47-44-41-38-35-32-28-23-20-17-14-11-8-5-2/h7-8,10-11,15-20,24-25,27-29,32,34,37-38,41,50H,4-6,9,12-14,21-23,26,30-31,33,35-36,39-40,42-49H2,1-3H3/b10-7-,11-8-,18-15-,19-16-,20-17-,25-24-,29-27-,32-28-,37-34-,41-38-. The normalized spacial score (nSPS) is 13.2. The third kappa shape index (κ3) is 44.8. The average molecular weight is 815 g/mol. The van der Waals surface area contributed by atoms with E-state index in [9.17, 15) is 14.4 Å². The predicted molar refractivity (Wildman–Crippen MR) is 251 cm³/mol. The van der Waals surface area contributed by atoms with Crippen molar-refractivity contribution in [3.05, 3.63) is 122 Å². The Kier molecular flexibility index (Phi) is 43.2. The minimum absolute atomic E-state index is 0.133. The van der Waals surface area contributed by atoms with E-state index in [0.29, 0.717) is 19.3 Å². The number of unbranched alkanes of at least 4 members (excludes halogenated alkanes) is 8. The third-order valence-corrected chi connectivity index (χ3v) is 8.94. The maximum atomic E-state index is 12.7. The van der Waals surface area contributed by atoms with Crippen molar-refractivity contribution in [2.45, 2.75) is 181 Å². The van der Waals surface area contributed by atoms with Crippen LogP contribution in [0.25, 0.3) is 0 Å². The van der Waals surface area contributed by atoms with E-state index in [1.54, 1.807) is 0 Å². The number of hydrogen-bond donors (Lipinski definition) is 0. The van der Waals surface area contributed by atoms with Crippen molar-refractivity contribution < 1.29 is 28.6 Å². The zero-order valence-electron chi connectivity index (χ0n) is 37.5. The van der Waals surface area contributed by atoms with Crippen molar-refractivity contribution in [1.82, 2.24) is 0 Å². The van der Waals surface area contributed by atoms with Gasteiger partial charge in [0.15, 0.2) is 6.10 Å². The van der Waals surface area contributed by atoms with Crippen LogP contribution in [0.15, 0.2) is 122 Å². The van der Waals surface area contributed by atoms with Crippen LogP contribution in [0.2, 0.25) is 0 Å². The van der Waals surface area contributed by atoms with Gasteiger partial charge in [-0.1, -0.05) is 174 Å². The van der Waals surface area contributed by atoms with E-state index in [4.69, 9.17) is 14.2 Å². The summed E-state index contributed by atoms with van der Waals surface area (Å²) >= 11 is 0. The smallest absolute Gasteiger partial charge is 0.306 e. The molecular formula is C53H82O6. The Bertz CT molecular complexity index is 1300. The maximum absolute atomic E-state index is 12.7. The minimum atomic E-state index is -0.843. The molecular weight excluding hydrogens is 733 g/mol. The van der Waals surface area contributed by atoms with Crippen LogP contribution < -0.4 is 0 Å². The number of carbonyl (C=O) groups is 3. The Balaban J connectivity index is 4.60. The highest BCUT2D eigenvalue weighted by molar-refractivity contribution is 5.71. The van der Waals surface area contributed by atoms with E-state index in [1.165, 1.54) is 25.7 Å². The third-order valence-electron chi connectivity index (χ3n) is 8.94. The van der Waals surface area contributed by atoms with Crippen molar-refractivity contribution in [3.63, 3.8) is 0 Å². The zero-order chi connectivity index (χ0) is 43.0. The van der Waals surface area contributed by atoms with Gasteiger partial charge in [-0.2, -0.15) is 0 Å². The Morgan fingerprint density at radius 1 is 0.356 bits per heavy atom. The molecule has 0 aliphatic rings. The highest BCUT2D eigenvalue weighted by Crippen LogP contribution is 2.10. The highest BCUT2D eigenvalue weighted by atomic mass is 16.6. The molecule has 0 bridgehead atoms. The topological polar surface area (TPSA) is 78.9 Å². The van der Waals surface area contributed by atoms with E-state index in [0.717, 1.165) is 96.3 Å². The molecule has 59 heavy (non-hydrogen) atoms. The van der Waals surface area contributed by atoms with Gasteiger partial charge in [-0.15, -0.1) is 0 Å². The number of ether oxygens (including phenoxy) is 3. The summed E-state index contributed by atoms with van der Waals surface area (Å²) in [6.07, 6.45) is 63.4. The summed E-state index contributed by atoms with van der Waals surface area (Å²) in [5.74, 6) is -1.10. The summed E-state index contributed by atoms with van der Waals surface area (Å²) in [5.41, 5.74) is 0. The molecule has 0 aromatic carbocycles. The molecule has 0 saturated carbocycles. The Morgan fingerprint density at radius 3 is 1.19 bits per heavy atom. The van der Waals surface area contributed by atoms with Gasteiger partial charge in [0.25, 0.3) is 0 Å². The molecule has 0 N–H and O–H groups in total. The minimum Gasteiger partial charge on any atom is -0.462 e. The molecule has 0 spiro atoms. The first-order valence-electron chi connectivity index (χ1n) is 23.0. The summed E-state index contributed by atoms with van der Waals surface area (Å²) in [6.45, 7) is 6.21. The molecule has 0 amide bonds. The first-order valence-corrected chi connectivity index (χ1v) is 23.0. The number of hydrogen-bond acceptors (Lipinski definition) is 6. The molecule has 0 aromatic heterocycles. The number of allylic oxidation sites excluding steroid dienone is 20. The fraction of sp³-hybridized carbons (Fsp3) is 0.566. The molecule has 6 heteroatoms. The van der Waals surface area contributed by atoms with E-state index in [-0.39, 0.29) is 38.0 Å². The van der Waals surface area contributed by atoms with Gasteiger partial charge in [0.1, 0.15) is 13.2 Å². The van der Waals surface area contributed by atoms with Crippen molar-refractivity contribution in [1.29, 1.82) is 0 Å². The van der Waals surface area contributed by atoms with Crippen LogP contribution in [0.5, 0.6) is 0 Å². The Hall–Kier alpha value is -4.19. The fourth-order valence-corrected chi connectivity index (χ4v) is 5.53. The van der Waals surface area contributed by atoms with Gasteiger partial charge in [-0.05, 0) is 103 Å². The van der Waals surface area contributed by atoms with Crippen molar-refractivity contribution >= 4 is 17.9 Å². The second-order valence-corrected chi connectivity index (χ2v) is 14.5. The summed E-state index contributed by atoms with van der Waals surface area (Å²) in [5, 5.41) is 0. The van der Waals surface area contributed by atoms with Crippen LogP contribution in [0.1, 0.15) is 175 Å². The molecule has 0 heterocycles. The van der Waals surface area contributed by atoms with Gasteiger partial charge in [-0.3, -0.25) is 14.4 Å². The largest absolute Gasteiger partial charge is 0.462 e. The molecule has 0 rings (SSSR count). The molecule has 0 fully saturated rings. The van der Waals surface area contributed by atoms with E-state index in [2.05, 4.69) is 130 Å². The molecule has 0 aromatic rings. The fourth-order valence-electron chi connectivity index (χ4n) is 5.53. The predicted octanol–water partition coefficient (Wildman–Crippen LogP) is 15.0. The van der Waals surface area contributed by atoms with Crippen LogP contribution >= 0.6 is 0 Å². The first-order chi connectivity index (χ1) is 29.0. The number of rotatable bonds is 39. The van der Waals surface area contributed by atoms with E-state index >= 15 is 0 Å². The molecule has 0 aliphatic heterocycles. The average Bonchev–Trinajstić information content (AvgIpc) is 3.23. The van der Waals surface area contributed by atoms with Crippen LogP contribution in [0, 0.1) is 0 Å². The Morgan fingerprint density at radius 2 is 0.712 bits per heavy atom. The van der Waals surface area contributed by atoms with Gasteiger partial charge in [0.2, 0.25) is 0 Å². The second-order valence-electron chi connectivity index (χ2n) is 14.5. The highest BCUT2D eigenvalue weighted by Gasteiger charge is 2.19. The molecule has 330 valence electrons. The zero-order valence-corrected chi connectivity index (χ0v) is 37.5. The lowest BCUT2D eigenvalue weighted by Gasteiger charge is -2.18. The molecule has 0 aliphatic carbocycles. The van der Waals surface area contributed by atoms with E-state index in [1.807, 2.05) is 12.2 Å². The lowest BCUT2D eigenvalue weighted by atomic mass is 10.1. The first kappa shape index (κ1) is 54.8. The number of carbonyl (C=O) groups excluding carboxylic acids is 3. The van der Waals surface area contributed by atoms with Gasteiger partial charge in [0.05, 0.1) is 0 Å². The Labute approximate surface area is 361 Å². The van der Waals surface area contributed by atoms with Crippen LogP contribution in [-0.4, -0.2) is 37.2 Å². The van der Waals surface area contributed by atoms with Crippen molar-refractivity contribution in [2.75, 3.05) is 13.2 Å². The van der Waals surface area contributed by atoms with Gasteiger partial charge < -0.3 is 14.2 Å². The molecule has 0 saturated heterocycles. The summed E-state index contributed by atoms with van der Waals surface area (Å²) < 4.78 is 16.6. The molecule has 1 atom stereocenters.